The Kier molecular flexibility index (Phi) is 5.88. The number of hydrogen-bond donors (Lipinski definition) is 1. The molecule has 1 aromatic heterocycles. The van der Waals surface area contributed by atoms with Gasteiger partial charge in [-0.05, 0) is 43.0 Å². The van der Waals surface area contributed by atoms with E-state index in [1.807, 2.05) is 24.0 Å². The SMILES string of the molecule is COc1cnccc1C(C)NC(=O)N(Cc1ccc2c(c1)CCO2)C1CCCC1. The van der Waals surface area contributed by atoms with Crippen molar-refractivity contribution in [3.63, 3.8) is 0 Å². The zero-order chi connectivity index (χ0) is 20.2. The third-order valence-corrected chi connectivity index (χ3v) is 5.98. The number of fused-ring (bicyclic) bond motifs is 1. The van der Waals surface area contributed by atoms with Crippen LogP contribution in [0.5, 0.6) is 11.5 Å². The van der Waals surface area contributed by atoms with E-state index in [-0.39, 0.29) is 18.1 Å². The molecule has 1 N–H and O–H groups in total. The molecule has 1 saturated carbocycles. The number of rotatable bonds is 6. The highest BCUT2D eigenvalue weighted by atomic mass is 16.5. The quantitative estimate of drug-likeness (QED) is 0.795. The Labute approximate surface area is 172 Å². The number of carbonyl (C=O) groups is 1. The third kappa shape index (κ3) is 4.31. The van der Waals surface area contributed by atoms with E-state index in [2.05, 4.69) is 22.4 Å². The number of urea groups is 1. The minimum absolute atomic E-state index is 0.0278. The molecular weight excluding hydrogens is 366 g/mol. The minimum atomic E-state index is -0.169. The van der Waals surface area contributed by atoms with Crippen LogP contribution in [-0.2, 0) is 13.0 Å². The second-order valence-electron chi connectivity index (χ2n) is 7.90. The van der Waals surface area contributed by atoms with Crippen molar-refractivity contribution in [2.24, 2.45) is 0 Å². The summed E-state index contributed by atoms with van der Waals surface area (Å²) in [6.07, 6.45) is 8.84. The van der Waals surface area contributed by atoms with Crippen molar-refractivity contribution < 1.29 is 14.3 Å². The lowest BCUT2D eigenvalue weighted by atomic mass is 10.1. The van der Waals surface area contributed by atoms with Gasteiger partial charge in [-0.2, -0.15) is 0 Å². The number of carbonyl (C=O) groups excluding carboxylic acids is 1. The van der Waals surface area contributed by atoms with Gasteiger partial charge in [-0.1, -0.05) is 25.0 Å². The van der Waals surface area contributed by atoms with Crippen LogP contribution in [0.4, 0.5) is 4.79 Å². The number of benzene rings is 1. The van der Waals surface area contributed by atoms with E-state index in [9.17, 15) is 4.79 Å². The van der Waals surface area contributed by atoms with Gasteiger partial charge in [0.25, 0.3) is 0 Å². The predicted octanol–water partition coefficient (Wildman–Crippen LogP) is 4.24. The summed E-state index contributed by atoms with van der Waals surface area (Å²) >= 11 is 0. The van der Waals surface area contributed by atoms with Crippen LogP contribution in [0.1, 0.15) is 55.3 Å². The van der Waals surface area contributed by atoms with Gasteiger partial charge in [-0.25, -0.2) is 4.79 Å². The number of hydrogen-bond acceptors (Lipinski definition) is 4. The lowest BCUT2D eigenvalue weighted by Crippen LogP contribution is -2.45. The molecule has 1 atom stereocenters. The van der Waals surface area contributed by atoms with Crippen LogP contribution in [0, 0.1) is 0 Å². The van der Waals surface area contributed by atoms with Gasteiger partial charge in [0.2, 0.25) is 0 Å². The average molecular weight is 396 g/mol. The molecular formula is C23H29N3O3. The smallest absolute Gasteiger partial charge is 0.318 e. The maximum atomic E-state index is 13.3. The lowest BCUT2D eigenvalue weighted by Gasteiger charge is -2.31. The molecule has 6 heteroatoms. The van der Waals surface area contributed by atoms with E-state index in [1.54, 1.807) is 19.5 Å². The van der Waals surface area contributed by atoms with Gasteiger partial charge in [0, 0.05) is 30.8 Å². The summed E-state index contributed by atoms with van der Waals surface area (Å²) in [5.74, 6) is 1.66. The van der Waals surface area contributed by atoms with Crippen LogP contribution >= 0.6 is 0 Å². The molecule has 1 aliphatic heterocycles. The van der Waals surface area contributed by atoms with Crippen molar-refractivity contribution in [2.75, 3.05) is 13.7 Å². The van der Waals surface area contributed by atoms with Gasteiger partial charge in [-0.3, -0.25) is 4.98 Å². The molecule has 1 unspecified atom stereocenters. The molecule has 1 fully saturated rings. The van der Waals surface area contributed by atoms with Crippen LogP contribution < -0.4 is 14.8 Å². The minimum Gasteiger partial charge on any atom is -0.495 e. The molecule has 29 heavy (non-hydrogen) atoms. The first-order valence-corrected chi connectivity index (χ1v) is 10.5. The van der Waals surface area contributed by atoms with Gasteiger partial charge >= 0.3 is 6.03 Å². The van der Waals surface area contributed by atoms with Crippen LogP contribution in [0.3, 0.4) is 0 Å². The van der Waals surface area contributed by atoms with E-state index in [0.717, 1.165) is 42.7 Å². The Hall–Kier alpha value is -2.76. The highest BCUT2D eigenvalue weighted by molar-refractivity contribution is 5.75. The van der Waals surface area contributed by atoms with Crippen molar-refractivity contribution >= 4 is 6.03 Å². The monoisotopic (exact) mass is 395 g/mol. The fourth-order valence-corrected chi connectivity index (χ4v) is 4.38. The fraction of sp³-hybridized carbons (Fsp3) is 0.478. The standard InChI is InChI=1S/C23H29N3O3/c1-16(20-9-11-24-14-22(20)28-2)25-23(27)26(19-5-3-4-6-19)15-17-7-8-21-18(13-17)10-12-29-21/h7-9,11,13-14,16,19H,3-6,10,12,15H2,1-2H3,(H,25,27). The normalized spacial score (nSPS) is 16.8. The average Bonchev–Trinajstić information content (AvgIpc) is 3.43. The fourth-order valence-electron chi connectivity index (χ4n) is 4.38. The molecule has 2 aliphatic rings. The Morgan fingerprint density at radius 1 is 1.34 bits per heavy atom. The first-order valence-electron chi connectivity index (χ1n) is 10.5. The molecule has 0 spiro atoms. The maximum Gasteiger partial charge on any atom is 0.318 e. The van der Waals surface area contributed by atoms with E-state index in [1.165, 1.54) is 18.4 Å². The number of amides is 2. The van der Waals surface area contributed by atoms with E-state index < -0.39 is 0 Å². The molecule has 0 saturated heterocycles. The Morgan fingerprint density at radius 2 is 2.17 bits per heavy atom. The summed E-state index contributed by atoms with van der Waals surface area (Å²) in [6.45, 7) is 3.34. The molecule has 2 aromatic rings. The molecule has 0 radical (unpaired) electrons. The number of nitrogens with one attached hydrogen (secondary N) is 1. The summed E-state index contributed by atoms with van der Waals surface area (Å²) in [6, 6.07) is 8.28. The van der Waals surface area contributed by atoms with Crippen LogP contribution in [0.25, 0.3) is 0 Å². The third-order valence-electron chi connectivity index (χ3n) is 5.98. The van der Waals surface area contributed by atoms with Gasteiger partial charge in [0.15, 0.2) is 0 Å². The van der Waals surface area contributed by atoms with Crippen molar-refractivity contribution in [3.05, 3.63) is 53.3 Å². The Balaban J connectivity index is 1.51. The molecule has 154 valence electrons. The largest absolute Gasteiger partial charge is 0.495 e. The zero-order valence-corrected chi connectivity index (χ0v) is 17.2. The first-order chi connectivity index (χ1) is 14.2. The zero-order valence-electron chi connectivity index (χ0n) is 17.2. The second kappa shape index (κ2) is 8.72. The van der Waals surface area contributed by atoms with Crippen molar-refractivity contribution in [2.45, 2.75) is 57.7 Å². The molecule has 2 heterocycles. The highest BCUT2D eigenvalue weighted by Crippen LogP contribution is 2.30. The predicted molar refractivity (Wildman–Crippen MR) is 111 cm³/mol. The van der Waals surface area contributed by atoms with Gasteiger partial charge in [-0.15, -0.1) is 0 Å². The van der Waals surface area contributed by atoms with E-state index >= 15 is 0 Å². The molecule has 0 bridgehead atoms. The Morgan fingerprint density at radius 3 is 2.97 bits per heavy atom. The van der Waals surface area contributed by atoms with Gasteiger partial charge in [0.1, 0.15) is 11.5 Å². The Bertz CT molecular complexity index is 864. The lowest BCUT2D eigenvalue weighted by molar-refractivity contribution is 0.168. The summed E-state index contributed by atoms with van der Waals surface area (Å²) in [5.41, 5.74) is 3.33. The van der Waals surface area contributed by atoms with Crippen molar-refractivity contribution in [1.29, 1.82) is 0 Å². The van der Waals surface area contributed by atoms with E-state index in [4.69, 9.17) is 9.47 Å². The van der Waals surface area contributed by atoms with Crippen molar-refractivity contribution in [1.82, 2.24) is 15.2 Å². The molecule has 2 amide bonds. The summed E-state index contributed by atoms with van der Waals surface area (Å²) in [5, 5.41) is 3.17. The maximum absolute atomic E-state index is 13.3. The summed E-state index contributed by atoms with van der Waals surface area (Å²) in [4.78, 5) is 19.4. The van der Waals surface area contributed by atoms with Crippen LogP contribution in [0.2, 0.25) is 0 Å². The number of ether oxygens (including phenoxy) is 2. The molecule has 6 nitrogen and oxygen atoms in total. The van der Waals surface area contributed by atoms with Crippen molar-refractivity contribution in [3.8, 4) is 11.5 Å². The summed E-state index contributed by atoms with van der Waals surface area (Å²) < 4.78 is 11.0. The van der Waals surface area contributed by atoms with Gasteiger partial charge in [0.05, 0.1) is 26.0 Å². The highest BCUT2D eigenvalue weighted by Gasteiger charge is 2.28. The second-order valence-corrected chi connectivity index (χ2v) is 7.90. The van der Waals surface area contributed by atoms with E-state index in [0.29, 0.717) is 12.3 Å². The summed E-state index contributed by atoms with van der Waals surface area (Å²) in [7, 11) is 1.62. The van der Waals surface area contributed by atoms with Crippen LogP contribution in [0.15, 0.2) is 36.7 Å². The number of aromatic nitrogens is 1. The van der Waals surface area contributed by atoms with Crippen LogP contribution in [-0.4, -0.2) is 35.7 Å². The molecule has 1 aliphatic carbocycles. The molecule has 1 aromatic carbocycles. The van der Waals surface area contributed by atoms with Gasteiger partial charge < -0.3 is 19.7 Å². The number of methoxy groups -OCH3 is 1. The number of pyridine rings is 1. The topological polar surface area (TPSA) is 63.7 Å². The molecule has 4 rings (SSSR count). The number of nitrogens with zero attached hydrogens (tertiary/aromatic N) is 2. The first kappa shape index (κ1) is 19.6.